The summed E-state index contributed by atoms with van der Waals surface area (Å²) in [7, 11) is 0. The van der Waals surface area contributed by atoms with Crippen LogP contribution in [-0.4, -0.2) is 35.9 Å². The van der Waals surface area contributed by atoms with E-state index in [4.69, 9.17) is 4.74 Å². The van der Waals surface area contributed by atoms with Crippen LogP contribution in [0.2, 0.25) is 0 Å². The quantitative estimate of drug-likeness (QED) is 0.884. The molecule has 146 valence electrons. The molecule has 0 bridgehead atoms. The van der Waals surface area contributed by atoms with Crippen molar-refractivity contribution in [3.8, 4) is 5.75 Å². The van der Waals surface area contributed by atoms with Gasteiger partial charge in [-0.1, -0.05) is 18.2 Å². The number of likely N-dealkylation sites (tertiary alicyclic amines) is 1. The van der Waals surface area contributed by atoms with Crippen molar-refractivity contribution in [3.05, 3.63) is 59.2 Å². The van der Waals surface area contributed by atoms with E-state index in [0.29, 0.717) is 25.9 Å². The zero-order chi connectivity index (χ0) is 19.7. The topological polar surface area (TPSA) is 58.6 Å². The van der Waals surface area contributed by atoms with Gasteiger partial charge in [0.05, 0.1) is 0 Å². The van der Waals surface area contributed by atoms with Crippen LogP contribution in [0, 0.1) is 12.8 Å². The molecule has 1 fully saturated rings. The number of anilines is 1. The van der Waals surface area contributed by atoms with Crippen LogP contribution in [0.4, 0.5) is 5.69 Å². The highest BCUT2D eigenvalue weighted by molar-refractivity contribution is 5.96. The molecule has 1 atom stereocenters. The van der Waals surface area contributed by atoms with Gasteiger partial charge in [0.15, 0.2) is 0 Å². The zero-order valence-corrected chi connectivity index (χ0v) is 16.4. The number of rotatable bonds is 3. The third kappa shape index (κ3) is 3.75. The summed E-state index contributed by atoms with van der Waals surface area (Å²) >= 11 is 0. The number of ether oxygens (including phenoxy) is 1. The number of aryl methyl sites for hydroxylation is 1. The number of carbonyl (C=O) groups excluding carboxylic acids is 2. The number of hydrogen-bond donors (Lipinski definition) is 1. The molecule has 0 spiro atoms. The lowest BCUT2D eigenvalue weighted by Gasteiger charge is -2.31. The normalized spacial score (nSPS) is 19.1. The maximum absolute atomic E-state index is 12.7. The van der Waals surface area contributed by atoms with Crippen LogP contribution >= 0.6 is 0 Å². The van der Waals surface area contributed by atoms with Crippen molar-refractivity contribution < 1.29 is 14.3 Å². The van der Waals surface area contributed by atoms with Crippen LogP contribution in [-0.2, 0) is 11.2 Å². The molecule has 28 heavy (non-hydrogen) atoms. The molecule has 1 unspecified atom stereocenters. The average Bonchev–Trinajstić information content (AvgIpc) is 3.07. The first-order valence-corrected chi connectivity index (χ1v) is 9.96. The van der Waals surface area contributed by atoms with Gasteiger partial charge in [0.2, 0.25) is 5.91 Å². The van der Waals surface area contributed by atoms with Gasteiger partial charge in [0.1, 0.15) is 11.9 Å². The lowest BCUT2D eigenvalue weighted by Crippen LogP contribution is -2.41. The van der Waals surface area contributed by atoms with Gasteiger partial charge < -0.3 is 15.0 Å². The highest BCUT2D eigenvalue weighted by Gasteiger charge is 2.28. The Hall–Kier alpha value is -2.82. The van der Waals surface area contributed by atoms with E-state index < -0.39 is 0 Å². The zero-order valence-electron chi connectivity index (χ0n) is 16.4. The standard InChI is InChI=1S/C23H26N2O3/c1-15-5-3-4-6-20(15)23(27)25-11-9-17(10-12-25)22(26)24-19-7-8-21-18(14-19)13-16(2)28-21/h3-8,14,16-17H,9-13H2,1-2H3,(H,24,26). The van der Waals surface area contributed by atoms with E-state index in [0.717, 1.165) is 34.5 Å². The molecule has 1 N–H and O–H groups in total. The molecule has 2 aromatic rings. The van der Waals surface area contributed by atoms with E-state index in [-0.39, 0.29) is 23.8 Å². The van der Waals surface area contributed by atoms with E-state index in [1.807, 2.05) is 61.2 Å². The monoisotopic (exact) mass is 378 g/mol. The Morgan fingerprint density at radius 3 is 2.61 bits per heavy atom. The minimum Gasteiger partial charge on any atom is -0.490 e. The van der Waals surface area contributed by atoms with Crippen LogP contribution in [0.1, 0.15) is 41.3 Å². The van der Waals surface area contributed by atoms with Gasteiger partial charge in [-0.3, -0.25) is 9.59 Å². The van der Waals surface area contributed by atoms with Crippen molar-refractivity contribution in [3.63, 3.8) is 0 Å². The lowest BCUT2D eigenvalue weighted by atomic mass is 9.95. The number of nitrogens with one attached hydrogen (secondary N) is 1. The molecule has 1 saturated heterocycles. The van der Waals surface area contributed by atoms with Crippen molar-refractivity contribution >= 4 is 17.5 Å². The first kappa shape index (κ1) is 18.5. The summed E-state index contributed by atoms with van der Waals surface area (Å²) in [6.07, 6.45) is 2.44. The molecular formula is C23H26N2O3. The Balaban J connectivity index is 1.34. The number of carbonyl (C=O) groups is 2. The van der Waals surface area contributed by atoms with Gasteiger partial charge in [0.25, 0.3) is 5.91 Å². The molecule has 0 aliphatic carbocycles. The number of amides is 2. The van der Waals surface area contributed by atoms with Crippen molar-refractivity contribution in [2.75, 3.05) is 18.4 Å². The molecular weight excluding hydrogens is 352 g/mol. The van der Waals surface area contributed by atoms with Crippen molar-refractivity contribution in [1.29, 1.82) is 0 Å². The summed E-state index contributed by atoms with van der Waals surface area (Å²) in [5.41, 5.74) is 3.70. The predicted octanol–water partition coefficient (Wildman–Crippen LogP) is 3.81. The average molecular weight is 378 g/mol. The van der Waals surface area contributed by atoms with Gasteiger partial charge in [-0.15, -0.1) is 0 Å². The molecule has 5 nitrogen and oxygen atoms in total. The highest BCUT2D eigenvalue weighted by Crippen LogP contribution is 2.31. The summed E-state index contributed by atoms with van der Waals surface area (Å²) in [5.74, 6) is 0.942. The molecule has 2 heterocycles. The summed E-state index contributed by atoms with van der Waals surface area (Å²) < 4.78 is 5.71. The fourth-order valence-corrected chi connectivity index (χ4v) is 4.07. The molecule has 2 aliphatic heterocycles. The summed E-state index contributed by atoms with van der Waals surface area (Å²) in [6.45, 7) is 5.22. The minimum atomic E-state index is -0.0654. The third-order valence-corrected chi connectivity index (χ3v) is 5.69. The largest absolute Gasteiger partial charge is 0.490 e. The lowest BCUT2D eigenvalue weighted by molar-refractivity contribution is -0.121. The molecule has 5 heteroatoms. The minimum absolute atomic E-state index is 0.0369. The number of piperidine rings is 1. The van der Waals surface area contributed by atoms with Crippen LogP contribution in [0.25, 0.3) is 0 Å². The van der Waals surface area contributed by atoms with Gasteiger partial charge >= 0.3 is 0 Å². The Bertz CT molecular complexity index is 900. The summed E-state index contributed by atoms with van der Waals surface area (Å²) in [6, 6.07) is 13.5. The fourth-order valence-electron chi connectivity index (χ4n) is 4.07. The summed E-state index contributed by atoms with van der Waals surface area (Å²) in [4.78, 5) is 27.3. The van der Waals surface area contributed by atoms with E-state index in [1.165, 1.54) is 0 Å². The third-order valence-electron chi connectivity index (χ3n) is 5.69. The van der Waals surface area contributed by atoms with Crippen molar-refractivity contribution in [2.45, 2.75) is 39.2 Å². The second-order valence-electron chi connectivity index (χ2n) is 7.83. The Morgan fingerprint density at radius 2 is 1.86 bits per heavy atom. The number of benzene rings is 2. The second kappa shape index (κ2) is 7.66. The number of hydrogen-bond acceptors (Lipinski definition) is 3. The van der Waals surface area contributed by atoms with E-state index in [1.54, 1.807) is 0 Å². The molecule has 4 rings (SSSR count). The smallest absolute Gasteiger partial charge is 0.254 e. The Kier molecular flexibility index (Phi) is 5.07. The SMILES string of the molecule is Cc1ccccc1C(=O)N1CCC(C(=O)Nc2ccc3c(c2)CC(C)O3)CC1. The molecule has 2 aliphatic rings. The molecule has 0 aromatic heterocycles. The first-order chi connectivity index (χ1) is 13.5. The number of fused-ring (bicyclic) bond motifs is 1. The van der Waals surface area contributed by atoms with Crippen molar-refractivity contribution in [2.24, 2.45) is 5.92 Å². The predicted molar refractivity (Wildman–Crippen MR) is 109 cm³/mol. The second-order valence-corrected chi connectivity index (χ2v) is 7.83. The fraction of sp³-hybridized carbons (Fsp3) is 0.391. The Morgan fingerprint density at radius 1 is 1.11 bits per heavy atom. The van der Waals surface area contributed by atoms with Crippen LogP contribution in [0.3, 0.4) is 0 Å². The van der Waals surface area contributed by atoms with Crippen LogP contribution < -0.4 is 10.1 Å². The van der Waals surface area contributed by atoms with Crippen LogP contribution in [0.5, 0.6) is 5.75 Å². The molecule has 0 saturated carbocycles. The molecule has 0 radical (unpaired) electrons. The molecule has 2 aromatic carbocycles. The van der Waals surface area contributed by atoms with Gasteiger partial charge in [0, 0.05) is 36.7 Å². The maximum atomic E-state index is 12.7. The summed E-state index contributed by atoms with van der Waals surface area (Å²) in [5, 5.41) is 3.04. The van der Waals surface area contributed by atoms with Crippen LogP contribution in [0.15, 0.2) is 42.5 Å². The Labute approximate surface area is 165 Å². The van der Waals surface area contributed by atoms with E-state index in [9.17, 15) is 9.59 Å². The van der Waals surface area contributed by atoms with Crippen molar-refractivity contribution in [1.82, 2.24) is 4.90 Å². The van der Waals surface area contributed by atoms with Gasteiger partial charge in [-0.05, 0) is 62.1 Å². The molecule has 2 amide bonds. The van der Waals surface area contributed by atoms with E-state index >= 15 is 0 Å². The van der Waals surface area contributed by atoms with Gasteiger partial charge in [-0.2, -0.15) is 0 Å². The maximum Gasteiger partial charge on any atom is 0.254 e. The number of nitrogens with zero attached hydrogens (tertiary/aromatic N) is 1. The van der Waals surface area contributed by atoms with E-state index in [2.05, 4.69) is 5.32 Å². The first-order valence-electron chi connectivity index (χ1n) is 9.96. The highest BCUT2D eigenvalue weighted by atomic mass is 16.5. The van der Waals surface area contributed by atoms with Gasteiger partial charge in [-0.25, -0.2) is 0 Å².